The first kappa shape index (κ1) is 30.8. The molecule has 2 aromatic carbocycles. The van der Waals surface area contributed by atoms with E-state index >= 15 is 0 Å². The van der Waals surface area contributed by atoms with Crippen molar-refractivity contribution in [1.82, 2.24) is 15.3 Å². The highest BCUT2D eigenvalue weighted by atomic mass is 32.1. The summed E-state index contributed by atoms with van der Waals surface area (Å²) in [5, 5.41) is 13.1. The number of hydrogen-bond donors (Lipinski definition) is 4. The molecule has 0 unspecified atom stereocenters. The van der Waals surface area contributed by atoms with Gasteiger partial charge in [0.1, 0.15) is 34.8 Å². The molecule has 0 fully saturated rings. The summed E-state index contributed by atoms with van der Waals surface area (Å²) in [4.78, 5) is 33.2. The highest BCUT2D eigenvalue weighted by molar-refractivity contribution is 7.22. The largest absolute Gasteiger partial charge is 0.489 e. The van der Waals surface area contributed by atoms with Crippen LogP contribution in [0, 0.1) is 5.82 Å². The van der Waals surface area contributed by atoms with Crippen LogP contribution in [0.1, 0.15) is 28.5 Å². The Hall–Kier alpha value is -4.64. The standard InChI is InChI=1S/C27H21F6N5O5S/c1-25(22(34)40)10-42-20-14(25)8-17(37-18(20)11-2-4-13(28)5-3-11)26(41,27(31,32)33)9-36-21(39)12-6-15(43-23(29)30)19-16(7-12)44-24(35)38-19/h2-8,23,41H,9-10H2,1H3,(H2,34,40)(H2,35,38)(H,36,39)/t25-,26-/m0/s1. The van der Waals surface area contributed by atoms with Gasteiger partial charge in [-0.05, 0) is 49.4 Å². The topological polar surface area (TPSA) is 163 Å². The number of nitrogen functional groups attached to an aromatic ring is 1. The number of aliphatic hydroxyl groups is 1. The first-order chi connectivity index (χ1) is 20.5. The zero-order valence-electron chi connectivity index (χ0n) is 22.3. The number of carbonyl (C=O) groups excluding carboxylic acids is 2. The van der Waals surface area contributed by atoms with Gasteiger partial charge in [0.05, 0.1) is 16.9 Å². The summed E-state index contributed by atoms with van der Waals surface area (Å²) >= 11 is 0.813. The van der Waals surface area contributed by atoms with Crippen LogP contribution in [0.4, 0.5) is 31.5 Å². The lowest BCUT2D eigenvalue weighted by Crippen LogP contribution is -2.51. The van der Waals surface area contributed by atoms with Crippen molar-refractivity contribution in [3.63, 3.8) is 0 Å². The predicted octanol–water partition coefficient (Wildman–Crippen LogP) is 4.00. The smallest absolute Gasteiger partial charge is 0.424 e. The lowest BCUT2D eigenvalue weighted by molar-refractivity contribution is -0.265. The van der Waals surface area contributed by atoms with E-state index in [1.807, 2.05) is 5.32 Å². The Bertz CT molecular complexity index is 1780. The van der Waals surface area contributed by atoms with Crippen molar-refractivity contribution in [1.29, 1.82) is 0 Å². The second-order valence-electron chi connectivity index (χ2n) is 10.0. The molecule has 4 aromatic rings. The molecule has 6 N–H and O–H groups in total. The number of nitrogens with zero attached hydrogens (tertiary/aromatic N) is 2. The molecule has 0 spiro atoms. The lowest BCUT2D eigenvalue weighted by atomic mass is 9.81. The van der Waals surface area contributed by atoms with Gasteiger partial charge in [0.2, 0.25) is 11.5 Å². The second kappa shape index (κ2) is 10.8. The SMILES string of the molecule is C[C@]1(C(N)=O)COc2c1cc([C@@](O)(CNC(=O)c1cc(OC(F)F)c3nc(N)sc3c1)C(F)(F)F)nc2-c1ccc(F)cc1. The Labute approximate surface area is 247 Å². The zero-order valence-corrected chi connectivity index (χ0v) is 23.2. The number of anilines is 1. The quantitative estimate of drug-likeness (QED) is 0.210. The third-order valence-corrected chi connectivity index (χ3v) is 7.92. The van der Waals surface area contributed by atoms with E-state index in [1.54, 1.807) is 0 Å². The maximum Gasteiger partial charge on any atom is 0.424 e. The van der Waals surface area contributed by atoms with E-state index in [9.17, 15) is 41.0 Å². The summed E-state index contributed by atoms with van der Waals surface area (Å²) in [5.41, 5.74) is 3.87. The molecule has 2 atom stereocenters. The zero-order chi connectivity index (χ0) is 32.2. The predicted molar refractivity (Wildman–Crippen MR) is 145 cm³/mol. The number of primary amides is 1. The van der Waals surface area contributed by atoms with Crippen LogP contribution in [0.5, 0.6) is 11.5 Å². The van der Waals surface area contributed by atoms with Gasteiger partial charge in [0, 0.05) is 16.7 Å². The average Bonchev–Trinajstić information content (AvgIpc) is 3.50. The van der Waals surface area contributed by atoms with Crippen molar-refractivity contribution in [2.75, 3.05) is 18.9 Å². The van der Waals surface area contributed by atoms with E-state index in [-0.39, 0.29) is 44.5 Å². The summed E-state index contributed by atoms with van der Waals surface area (Å²) < 4.78 is 93.6. The van der Waals surface area contributed by atoms with Crippen LogP contribution in [0.2, 0.25) is 0 Å². The molecule has 10 nitrogen and oxygen atoms in total. The van der Waals surface area contributed by atoms with E-state index in [2.05, 4.69) is 14.7 Å². The number of halogens is 6. The Kier molecular flexibility index (Phi) is 7.57. The van der Waals surface area contributed by atoms with Crippen LogP contribution in [-0.4, -0.2) is 52.8 Å². The van der Waals surface area contributed by atoms with E-state index in [4.69, 9.17) is 16.2 Å². The number of ether oxygens (including phenoxy) is 2. The first-order valence-electron chi connectivity index (χ1n) is 12.5. The summed E-state index contributed by atoms with van der Waals surface area (Å²) in [5.74, 6) is -3.44. The van der Waals surface area contributed by atoms with Crippen LogP contribution in [0.25, 0.3) is 21.5 Å². The average molecular weight is 642 g/mol. The number of nitrogens with one attached hydrogen (secondary N) is 1. The van der Waals surface area contributed by atoms with Gasteiger partial charge in [-0.25, -0.2) is 14.4 Å². The fourth-order valence-corrected chi connectivity index (χ4v) is 5.37. The third kappa shape index (κ3) is 5.32. The van der Waals surface area contributed by atoms with Gasteiger partial charge >= 0.3 is 12.8 Å². The van der Waals surface area contributed by atoms with E-state index in [0.717, 1.165) is 41.7 Å². The number of hydrogen-bond acceptors (Lipinski definition) is 9. The monoisotopic (exact) mass is 641 g/mol. The molecular formula is C27H21F6N5O5S. The number of nitrogens with two attached hydrogens (primary N) is 2. The van der Waals surface area contributed by atoms with Crippen LogP contribution < -0.4 is 26.3 Å². The summed E-state index contributed by atoms with van der Waals surface area (Å²) in [6, 6.07) is 7.26. The van der Waals surface area contributed by atoms with Crippen LogP contribution in [0.3, 0.4) is 0 Å². The fraction of sp³-hybridized carbons (Fsp3) is 0.259. The molecule has 17 heteroatoms. The Morgan fingerprint density at radius 1 is 1.18 bits per heavy atom. The molecule has 44 heavy (non-hydrogen) atoms. The maximum atomic E-state index is 14.6. The number of rotatable bonds is 8. The molecule has 0 saturated heterocycles. The number of amides is 2. The van der Waals surface area contributed by atoms with Gasteiger partial charge in [-0.2, -0.15) is 22.0 Å². The molecule has 5 rings (SSSR count). The van der Waals surface area contributed by atoms with Crippen LogP contribution in [0.15, 0.2) is 42.5 Å². The third-order valence-electron chi connectivity index (χ3n) is 7.09. The minimum Gasteiger partial charge on any atom is -0.489 e. The molecular weight excluding hydrogens is 620 g/mol. The van der Waals surface area contributed by atoms with E-state index < -0.39 is 65.0 Å². The molecule has 0 radical (unpaired) electrons. The lowest BCUT2D eigenvalue weighted by Gasteiger charge is -2.31. The van der Waals surface area contributed by atoms with Crippen molar-refractivity contribution in [2.24, 2.45) is 5.73 Å². The molecule has 232 valence electrons. The highest BCUT2D eigenvalue weighted by Crippen LogP contribution is 2.47. The fourth-order valence-electron chi connectivity index (χ4n) is 4.58. The summed E-state index contributed by atoms with van der Waals surface area (Å²) in [6.07, 6.45) is -5.47. The number of aromatic nitrogens is 2. The Morgan fingerprint density at radius 3 is 2.48 bits per heavy atom. The van der Waals surface area contributed by atoms with Gasteiger partial charge in [0.15, 0.2) is 10.9 Å². The van der Waals surface area contributed by atoms with Gasteiger partial charge in [0.25, 0.3) is 5.91 Å². The van der Waals surface area contributed by atoms with E-state index in [1.165, 1.54) is 19.1 Å². The van der Waals surface area contributed by atoms with Crippen molar-refractivity contribution >= 4 is 38.5 Å². The number of alkyl halides is 5. The Morgan fingerprint density at radius 2 is 1.86 bits per heavy atom. The number of pyridine rings is 1. The van der Waals surface area contributed by atoms with Gasteiger partial charge in [-0.1, -0.05) is 11.3 Å². The first-order valence-corrected chi connectivity index (χ1v) is 13.3. The summed E-state index contributed by atoms with van der Waals surface area (Å²) in [7, 11) is 0. The molecule has 0 aliphatic carbocycles. The van der Waals surface area contributed by atoms with Crippen molar-refractivity contribution in [3.05, 3.63) is 65.1 Å². The number of benzene rings is 2. The number of carbonyl (C=O) groups is 2. The molecule has 0 saturated carbocycles. The van der Waals surface area contributed by atoms with Gasteiger partial charge < -0.3 is 31.4 Å². The van der Waals surface area contributed by atoms with Crippen molar-refractivity contribution in [3.8, 4) is 22.8 Å². The van der Waals surface area contributed by atoms with Gasteiger partial charge in [-0.15, -0.1) is 0 Å². The second-order valence-corrected chi connectivity index (χ2v) is 11.1. The molecule has 2 amide bonds. The van der Waals surface area contributed by atoms with Gasteiger partial charge in [-0.3, -0.25) is 9.59 Å². The minimum atomic E-state index is -5.47. The molecule has 1 aliphatic heterocycles. The number of thiazole rings is 1. The summed E-state index contributed by atoms with van der Waals surface area (Å²) in [6.45, 7) is -3.85. The molecule has 3 heterocycles. The van der Waals surface area contributed by atoms with Crippen molar-refractivity contribution in [2.45, 2.75) is 30.7 Å². The molecule has 0 bridgehead atoms. The van der Waals surface area contributed by atoms with E-state index in [0.29, 0.717) is 0 Å². The van der Waals surface area contributed by atoms with Crippen LogP contribution in [-0.2, 0) is 15.8 Å². The van der Waals surface area contributed by atoms with Crippen LogP contribution >= 0.6 is 11.3 Å². The Balaban J connectivity index is 1.58. The maximum absolute atomic E-state index is 14.6. The van der Waals surface area contributed by atoms with Crippen molar-refractivity contribution < 1.29 is 50.5 Å². The highest BCUT2D eigenvalue weighted by Gasteiger charge is 2.57. The molecule has 1 aliphatic rings. The normalized spacial score (nSPS) is 17.7. The number of fused-ring (bicyclic) bond motifs is 2. The minimum absolute atomic E-state index is 0.0466. The molecule has 2 aromatic heterocycles.